The molecule has 5 nitrogen and oxygen atoms in total. The van der Waals surface area contributed by atoms with Crippen LogP contribution in [-0.4, -0.2) is 23.0 Å². The van der Waals surface area contributed by atoms with Gasteiger partial charge in [-0.2, -0.15) is 0 Å². The summed E-state index contributed by atoms with van der Waals surface area (Å²) in [6, 6.07) is 5.48. The third kappa shape index (κ3) is 3.05. The molecule has 2 atom stereocenters. The van der Waals surface area contributed by atoms with E-state index in [9.17, 15) is 9.59 Å². The number of carbonyl (C=O) groups is 2. The van der Waals surface area contributed by atoms with Gasteiger partial charge >= 0.3 is 5.97 Å². The number of rotatable bonds is 4. The monoisotopic (exact) mass is 262 g/mol. The van der Waals surface area contributed by atoms with Crippen molar-refractivity contribution in [2.75, 3.05) is 5.32 Å². The van der Waals surface area contributed by atoms with Crippen molar-refractivity contribution < 1.29 is 14.7 Å². The lowest BCUT2D eigenvalue weighted by atomic mass is 10.1. The third-order valence-corrected chi connectivity index (χ3v) is 3.58. The van der Waals surface area contributed by atoms with Gasteiger partial charge in [0.2, 0.25) is 0 Å². The van der Waals surface area contributed by atoms with E-state index in [1.165, 1.54) is 0 Å². The highest BCUT2D eigenvalue weighted by Gasteiger charge is 2.30. The number of hydrogen-bond acceptors (Lipinski definition) is 3. The van der Waals surface area contributed by atoms with E-state index in [1.807, 2.05) is 19.1 Å². The first kappa shape index (κ1) is 13.4. The maximum atomic E-state index is 11.4. The van der Waals surface area contributed by atoms with E-state index in [-0.39, 0.29) is 12.0 Å². The summed E-state index contributed by atoms with van der Waals surface area (Å²) in [5.41, 5.74) is 7.52. The number of nitrogens with one attached hydrogen (secondary N) is 1. The minimum Gasteiger partial charge on any atom is -0.481 e. The van der Waals surface area contributed by atoms with Gasteiger partial charge in [-0.25, -0.2) is 0 Å². The number of amides is 1. The smallest absolute Gasteiger partial charge is 0.306 e. The van der Waals surface area contributed by atoms with Crippen molar-refractivity contribution in [1.29, 1.82) is 0 Å². The molecule has 0 saturated heterocycles. The molecule has 2 rings (SSSR count). The molecule has 0 aromatic heterocycles. The Labute approximate surface area is 111 Å². The molecule has 19 heavy (non-hydrogen) atoms. The molecule has 1 amide bonds. The second-order valence-electron chi connectivity index (χ2n) is 5.10. The van der Waals surface area contributed by atoms with Crippen LogP contribution in [0.5, 0.6) is 0 Å². The van der Waals surface area contributed by atoms with Gasteiger partial charge in [-0.1, -0.05) is 6.07 Å². The Bertz CT molecular complexity index is 513. The molecule has 102 valence electrons. The number of nitrogens with two attached hydrogens (primary N) is 1. The quantitative estimate of drug-likeness (QED) is 0.770. The lowest BCUT2D eigenvalue weighted by Gasteiger charge is -2.16. The largest absolute Gasteiger partial charge is 0.481 e. The average molecular weight is 262 g/mol. The van der Waals surface area contributed by atoms with E-state index in [4.69, 9.17) is 10.8 Å². The van der Waals surface area contributed by atoms with Gasteiger partial charge in [-0.05, 0) is 43.9 Å². The van der Waals surface area contributed by atoms with Crippen molar-refractivity contribution in [3.8, 4) is 0 Å². The standard InChI is InChI=1S/C14H18N2O3/c1-8-2-5-11(13(15)17)12(6-8)16-10-4-3-9(7-10)14(18)19/h2,5-6,9-10,16H,3-4,7H2,1H3,(H2,15,17)(H,18,19). The Morgan fingerprint density at radius 1 is 1.37 bits per heavy atom. The van der Waals surface area contributed by atoms with Crippen LogP contribution in [0, 0.1) is 12.8 Å². The van der Waals surface area contributed by atoms with Gasteiger partial charge in [0.25, 0.3) is 5.91 Å². The highest BCUT2D eigenvalue weighted by molar-refractivity contribution is 5.98. The van der Waals surface area contributed by atoms with Crippen LogP contribution >= 0.6 is 0 Å². The maximum absolute atomic E-state index is 11.4. The molecular formula is C14H18N2O3. The molecule has 1 saturated carbocycles. The van der Waals surface area contributed by atoms with E-state index in [1.54, 1.807) is 6.07 Å². The van der Waals surface area contributed by atoms with Gasteiger partial charge < -0.3 is 16.2 Å². The van der Waals surface area contributed by atoms with Gasteiger partial charge in [-0.15, -0.1) is 0 Å². The Hall–Kier alpha value is -2.04. The minimum absolute atomic E-state index is 0.0843. The summed E-state index contributed by atoms with van der Waals surface area (Å²) in [6.45, 7) is 1.94. The third-order valence-electron chi connectivity index (χ3n) is 3.58. The zero-order chi connectivity index (χ0) is 14.0. The SMILES string of the molecule is Cc1ccc(C(N)=O)c(NC2CCC(C(=O)O)C2)c1. The first-order valence-corrected chi connectivity index (χ1v) is 6.37. The second-order valence-corrected chi connectivity index (χ2v) is 5.10. The zero-order valence-electron chi connectivity index (χ0n) is 10.8. The molecule has 1 aromatic carbocycles. The van der Waals surface area contributed by atoms with Gasteiger partial charge in [0, 0.05) is 11.7 Å². The van der Waals surface area contributed by atoms with Gasteiger partial charge in [-0.3, -0.25) is 9.59 Å². The van der Waals surface area contributed by atoms with Crippen LogP contribution in [0.2, 0.25) is 0 Å². The number of anilines is 1. The van der Waals surface area contributed by atoms with Crippen molar-refractivity contribution in [2.45, 2.75) is 32.2 Å². The van der Waals surface area contributed by atoms with Gasteiger partial charge in [0.1, 0.15) is 0 Å². The number of primary amides is 1. The fraction of sp³-hybridized carbons (Fsp3) is 0.429. The van der Waals surface area contributed by atoms with Crippen LogP contribution in [0.3, 0.4) is 0 Å². The fourth-order valence-electron chi connectivity index (χ4n) is 2.55. The first-order valence-electron chi connectivity index (χ1n) is 6.37. The normalized spacial score (nSPS) is 22.2. The minimum atomic E-state index is -0.747. The lowest BCUT2D eigenvalue weighted by Crippen LogP contribution is -2.21. The summed E-state index contributed by atoms with van der Waals surface area (Å²) in [7, 11) is 0. The predicted octanol–water partition coefficient (Wildman–Crippen LogP) is 1.76. The Kier molecular flexibility index (Phi) is 3.74. The van der Waals surface area contributed by atoms with Crippen molar-refractivity contribution in [3.05, 3.63) is 29.3 Å². The number of aliphatic carboxylic acids is 1. The molecule has 1 aliphatic carbocycles. The average Bonchev–Trinajstić information content (AvgIpc) is 2.77. The molecule has 1 fully saturated rings. The van der Waals surface area contributed by atoms with Gasteiger partial charge in [0.05, 0.1) is 11.5 Å². The van der Waals surface area contributed by atoms with E-state index < -0.39 is 11.9 Å². The number of carboxylic acids is 1. The van der Waals surface area contributed by atoms with Crippen LogP contribution in [0.15, 0.2) is 18.2 Å². The summed E-state index contributed by atoms with van der Waals surface area (Å²) >= 11 is 0. The fourth-order valence-corrected chi connectivity index (χ4v) is 2.55. The van der Waals surface area contributed by atoms with Crippen LogP contribution in [0.4, 0.5) is 5.69 Å². The molecule has 1 aliphatic rings. The second kappa shape index (κ2) is 5.30. The summed E-state index contributed by atoms with van der Waals surface area (Å²) in [5, 5.41) is 12.2. The number of hydrogen-bond donors (Lipinski definition) is 3. The Balaban J connectivity index is 2.13. The van der Waals surface area contributed by atoms with Crippen molar-refractivity contribution in [3.63, 3.8) is 0 Å². The van der Waals surface area contributed by atoms with E-state index in [0.717, 1.165) is 12.0 Å². The summed E-state index contributed by atoms with van der Waals surface area (Å²) in [5.74, 6) is -1.52. The highest BCUT2D eigenvalue weighted by atomic mass is 16.4. The number of benzene rings is 1. The predicted molar refractivity (Wildman–Crippen MR) is 72.1 cm³/mol. The molecule has 0 aliphatic heterocycles. The van der Waals surface area contributed by atoms with Crippen LogP contribution < -0.4 is 11.1 Å². The molecule has 0 radical (unpaired) electrons. The molecule has 0 bridgehead atoms. The lowest BCUT2D eigenvalue weighted by molar-refractivity contribution is -0.141. The van der Waals surface area contributed by atoms with Crippen LogP contribution in [0.1, 0.15) is 35.2 Å². The van der Waals surface area contributed by atoms with Crippen LogP contribution in [0.25, 0.3) is 0 Å². The number of carbonyl (C=O) groups excluding carboxylic acids is 1. The molecule has 1 aromatic rings. The van der Waals surface area contributed by atoms with Crippen LogP contribution in [-0.2, 0) is 4.79 Å². The van der Waals surface area contributed by atoms with E-state index in [2.05, 4.69) is 5.32 Å². The first-order chi connectivity index (χ1) is 8.97. The molecule has 5 heteroatoms. The van der Waals surface area contributed by atoms with Crippen molar-refractivity contribution in [1.82, 2.24) is 0 Å². The number of aryl methyl sites for hydroxylation is 1. The Morgan fingerprint density at radius 2 is 2.11 bits per heavy atom. The molecule has 2 unspecified atom stereocenters. The summed E-state index contributed by atoms with van der Waals surface area (Å²) < 4.78 is 0. The van der Waals surface area contributed by atoms with Crippen molar-refractivity contribution >= 4 is 17.6 Å². The summed E-state index contributed by atoms with van der Waals surface area (Å²) in [6.07, 6.45) is 2.05. The Morgan fingerprint density at radius 3 is 2.68 bits per heavy atom. The highest BCUT2D eigenvalue weighted by Crippen LogP contribution is 2.29. The molecule has 0 heterocycles. The zero-order valence-corrected chi connectivity index (χ0v) is 10.8. The molecule has 0 spiro atoms. The molecule has 4 N–H and O–H groups in total. The van der Waals surface area contributed by atoms with E-state index >= 15 is 0 Å². The number of carboxylic acid groups (broad SMARTS) is 1. The maximum Gasteiger partial charge on any atom is 0.306 e. The van der Waals surface area contributed by atoms with Gasteiger partial charge in [0.15, 0.2) is 0 Å². The topological polar surface area (TPSA) is 92.4 Å². The van der Waals surface area contributed by atoms with E-state index in [0.29, 0.717) is 24.1 Å². The molecular weight excluding hydrogens is 244 g/mol. The van der Waals surface area contributed by atoms with Crippen molar-refractivity contribution in [2.24, 2.45) is 11.7 Å². The summed E-state index contributed by atoms with van der Waals surface area (Å²) in [4.78, 5) is 22.3.